The topological polar surface area (TPSA) is 48.9 Å². The highest BCUT2D eigenvalue weighted by atomic mass is 19.4. The zero-order valence-electron chi connectivity index (χ0n) is 15.1. The summed E-state index contributed by atoms with van der Waals surface area (Å²) in [6.45, 7) is 5.88. The maximum absolute atomic E-state index is 12.4. The second-order valence-electron chi connectivity index (χ2n) is 7.02. The quantitative estimate of drug-likeness (QED) is 0.355. The smallest absolute Gasteiger partial charge is 0.381 e. The Bertz CT molecular complexity index is 413. The molecule has 25 heavy (non-hydrogen) atoms. The fraction of sp³-hybridized carbons (Fsp3) is 0.941. The monoisotopic (exact) mass is 364 g/mol. The first kappa shape index (κ1) is 20.3. The third-order valence-electron chi connectivity index (χ3n) is 4.43. The Morgan fingerprint density at radius 3 is 2.68 bits per heavy atom. The molecule has 2 N–H and O–H groups in total. The van der Waals surface area contributed by atoms with Gasteiger partial charge in [-0.3, -0.25) is 9.89 Å². The molecule has 1 heterocycles. The Labute approximate surface area is 148 Å². The van der Waals surface area contributed by atoms with E-state index < -0.39 is 12.7 Å². The number of aliphatic imine (C=N–C) groups is 1. The zero-order valence-corrected chi connectivity index (χ0v) is 15.1. The molecule has 1 saturated carbocycles. The highest BCUT2D eigenvalue weighted by Crippen LogP contribution is 2.28. The Hall–Kier alpha value is -1.02. The third kappa shape index (κ3) is 9.30. The molecule has 1 aliphatic heterocycles. The van der Waals surface area contributed by atoms with Crippen LogP contribution in [-0.4, -0.2) is 69.5 Å². The van der Waals surface area contributed by atoms with E-state index in [4.69, 9.17) is 4.74 Å². The van der Waals surface area contributed by atoms with E-state index >= 15 is 0 Å². The van der Waals surface area contributed by atoms with Crippen LogP contribution in [0.5, 0.6) is 0 Å². The van der Waals surface area contributed by atoms with E-state index in [9.17, 15) is 13.2 Å². The van der Waals surface area contributed by atoms with Crippen LogP contribution in [0.2, 0.25) is 0 Å². The van der Waals surface area contributed by atoms with Gasteiger partial charge in [0.25, 0.3) is 0 Å². The molecule has 0 amide bonds. The van der Waals surface area contributed by atoms with Gasteiger partial charge in [-0.1, -0.05) is 0 Å². The molecule has 0 spiro atoms. The molecular formula is C17H31F3N4O. The van der Waals surface area contributed by atoms with Gasteiger partial charge in [-0.05, 0) is 51.0 Å². The minimum atomic E-state index is -4.11. The van der Waals surface area contributed by atoms with E-state index in [1.807, 2.05) is 6.92 Å². The van der Waals surface area contributed by atoms with Gasteiger partial charge in [0.15, 0.2) is 5.96 Å². The number of nitrogens with one attached hydrogen (secondary N) is 2. The van der Waals surface area contributed by atoms with Crippen LogP contribution in [0.3, 0.4) is 0 Å². The molecule has 2 fully saturated rings. The van der Waals surface area contributed by atoms with E-state index in [1.165, 1.54) is 17.7 Å². The minimum Gasteiger partial charge on any atom is -0.381 e. The SMILES string of the molecule is CCNC(=NCC1CCN(CC(F)(F)F)C1)NCCCOCC1CC1. The molecule has 0 aromatic rings. The standard InChI is InChI=1S/C17H31F3N4O/c1-2-21-16(22-7-3-9-25-12-14-4-5-14)23-10-15-6-8-24(11-15)13-17(18,19)20/h14-15H,2-13H2,1H3,(H2,21,22,23). The van der Waals surface area contributed by atoms with E-state index in [0.717, 1.165) is 51.0 Å². The molecule has 0 aromatic carbocycles. The molecule has 8 heteroatoms. The number of hydrogen-bond acceptors (Lipinski definition) is 3. The second kappa shape index (κ2) is 10.2. The molecule has 1 saturated heterocycles. The maximum atomic E-state index is 12.4. The van der Waals surface area contributed by atoms with E-state index in [0.29, 0.717) is 19.6 Å². The van der Waals surface area contributed by atoms with Gasteiger partial charge in [0.1, 0.15) is 0 Å². The molecule has 0 radical (unpaired) electrons. The molecule has 1 aliphatic carbocycles. The van der Waals surface area contributed by atoms with Crippen molar-refractivity contribution in [3.05, 3.63) is 0 Å². The van der Waals surface area contributed by atoms with Crippen molar-refractivity contribution in [3.63, 3.8) is 0 Å². The van der Waals surface area contributed by atoms with Gasteiger partial charge in [-0.2, -0.15) is 13.2 Å². The van der Waals surface area contributed by atoms with Crippen molar-refractivity contribution in [1.82, 2.24) is 15.5 Å². The van der Waals surface area contributed by atoms with Crippen molar-refractivity contribution in [2.75, 3.05) is 52.5 Å². The van der Waals surface area contributed by atoms with Crippen LogP contribution in [-0.2, 0) is 4.74 Å². The normalized spacial score (nSPS) is 22.4. The molecule has 0 bridgehead atoms. The Morgan fingerprint density at radius 1 is 1.20 bits per heavy atom. The number of halogens is 3. The number of nitrogens with zero attached hydrogens (tertiary/aromatic N) is 2. The van der Waals surface area contributed by atoms with Gasteiger partial charge < -0.3 is 15.4 Å². The predicted octanol–water partition coefficient (Wildman–Crippen LogP) is 2.24. The summed E-state index contributed by atoms with van der Waals surface area (Å²) in [5, 5.41) is 6.44. The predicted molar refractivity (Wildman–Crippen MR) is 92.7 cm³/mol. The number of alkyl halides is 3. The van der Waals surface area contributed by atoms with E-state index in [-0.39, 0.29) is 5.92 Å². The van der Waals surface area contributed by atoms with Crippen molar-refractivity contribution in [2.24, 2.45) is 16.8 Å². The van der Waals surface area contributed by atoms with Crippen LogP contribution in [0.25, 0.3) is 0 Å². The van der Waals surface area contributed by atoms with Gasteiger partial charge in [-0.25, -0.2) is 0 Å². The molecule has 146 valence electrons. The molecule has 0 aromatic heterocycles. The molecule has 2 aliphatic rings. The number of guanidine groups is 1. The summed E-state index contributed by atoms with van der Waals surface area (Å²) in [6.07, 6.45) is 0.179. The van der Waals surface area contributed by atoms with Gasteiger partial charge in [0, 0.05) is 39.4 Å². The van der Waals surface area contributed by atoms with Crippen LogP contribution in [0, 0.1) is 11.8 Å². The second-order valence-corrected chi connectivity index (χ2v) is 7.02. The Balaban J connectivity index is 1.61. The molecule has 1 unspecified atom stereocenters. The number of hydrogen-bond donors (Lipinski definition) is 2. The summed E-state index contributed by atoms with van der Waals surface area (Å²) in [6, 6.07) is 0. The van der Waals surface area contributed by atoms with Gasteiger partial charge >= 0.3 is 6.18 Å². The van der Waals surface area contributed by atoms with E-state index in [1.54, 1.807) is 0 Å². The van der Waals surface area contributed by atoms with Crippen molar-refractivity contribution in [3.8, 4) is 0 Å². The van der Waals surface area contributed by atoms with Crippen LogP contribution < -0.4 is 10.6 Å². The van der Waals surface area contributed by atoms with Crippen molar-refractivity contribution in [2.45, 2.75) is 38.8 Å². The summed E-state index contributed by atoms with van der Waals surface area (Å²) in [7, 11) is 0. The average Bonchev–Trinajstić information content (AvgIpc) is 3.26. The fourth-order valence-electron chi connectivity index (χ4n) is 2.94. The number of ether oxygens (including phenoxy) is 1. The van der Waals surface area contributed by atoms with Gasteiger partial charge in [0.2, 0.25) is 0 Å². The van der Waals surface area contributed by atoms with Crippen molar-refractivity contribution in [1.29, 1.82) is 0 Å². The first-order chi connectivity index (χ1) is 12.0. The average molecular weight is 364 g/mol. The first-order valence-corrected chi connectivity index (χ1v) is 9.35. The lowest BCUT2D eigenvalue weighted by Crippen LogP contribution is -2.38. The van der Waals surface area contributed by atoms with Crippen LogP contribution in [0.15, 0.2) is 4.99 Å². The van der Waals surface area contributed by atoms with Crippen LogP contribution >= 0.6 is 0 Å². The molecular weight excluding hydrogens is 333 g/mol. The molecule has 1 atom stereocenters. The van der Waals surface area contributed by atoms with Crippen molar-refractivity contribution >= 4 is 5.96 Å². The van der Waals surface area contributed by atoms with Gasteiger partial charge in [0.05, 0.1) is 6.54 Å². The lowest BCUT2D eigenvalue weighted by Gasteiger charge is -2.17. The van der Waals surface area contributed by atoms with Crippen LogP contribution in [0.1, 0.15) is 32.6 Å². The number of likely N-dealkylation sites (tertiary alicyclic amines) is 1. The summed E-state index contributed by atoms with van der Waals surface area (Å²) in [4.78, 5) is 6.00. The van der Waals surface area contributed by atoms with E-state index in [2.05, 4.69) is 15.6 Å². The largest absolute Gasteiger partial charge is 0.401 e. The third-order valence-corrected chi connectivity index (χ3v) is 4.43. The van der Waals surface area contributed by atoms with Crippen LogP contribution in [0.4, 0.5) is 13.2 Å². The van der Waals surface area contributed by atoms with Crippen molar-refractivity contribution < 1.29 is 17.9 Å². The number of rotatable bonds is 10. The summed E-state index contributed by atoms with van der Waals surface area (Å²) >= 11 is 0. The lowest BCUT2D eigenvalue weighted by molar-refractivity contribution is -0.143. The summed E-state index contributed by atoms with van der Waals surface area (Å²) in [5.74, 6) is 1.72. The van der Waals surface area contributed by atoms with Gasteiger partial charge in [-0.15, -0.1) is 0 Å². The lowest BCUT2D eigenvalue weighted by atomic mass is 10.1. The first-order valence-electron chi connectivity index (χ1n) is 9.35. The Morgan fingerprint density at radius 2 is 2.00 bits per heavy atom. The molecule has 2 rings (SSSR count). The zero-order chi connectivity index (χ0) is 18.1. The fourth-order valence-corrected chi connectivity index (χ4v) is 2.94. The highest BCUT2D eigenvalue weighted by Gasteiger charge is 2.34. The minimum absolute atomic E-state index is 0.194. The maximum Gasteiger partial charge on any atom is 0.401 e. The summed E-state index contributed by atoms with van der Waals surface area (Å²) in [5.41, 5.74) is 0. The highest BCUT2D eigenvalue weighted by molar-refractivity contribution is 5.79. The molecule has 5 nitrogen and oxygen atoms in total. The Kier molecular flexibility index (Phi) is 8.29. The summed E-state index contributed by atoms with van der Waals surface area (Å²) < 4.78 is 42.9.